The molecule has 1 heterocycles. The van der Waals surface area contributed by atoms with Gasteiger partial charge in [-0.3, -0.25) is 9.69 Å². The lowest BCUT2D eigenvalue weighted by Crippen LogP contribution is -2.51. The van der Waals surface area contributed by atoms with Crippen molar-refractivity contribution in [3.63, 3.8) is 0 Å². The van der Waals surface area contributed by atoms with E-state index >= 15 is 0 Å². The number of amides is 1. The van der Waals surface area contributed by atoms with Gasteiger partial charge in [-0.15, -0.1) is 0 Å². The summed E-state index contributed by atoms with van der Waals surface area (Å²) in [6.07, 6.45) is 0. The Morgan fingerprint density at radius 3 is 2.59 bits per heavy atom. The molecule has 0 saturated carbocycles. The van der Waals surface area contributed by atoms with Crippen LogP contribution in [-0.2, 0) is 4.74 Å². The molecule has 1 aliphatic heterocycles. The fraction of sp³-hybridized carbons (Fsp3) is 0.611. The quantitative estimate of drug-likeness (QED) is 0.908. The summed E-state index contributed by atoms with van der Waals surface area (Å²) in [6.45, 7) is 12.6. The zero-order chi connectivity index (χ0) is 16.1. The Bertz CT molecular complexity index is 508. The van der Waals surface area contributed by atoms with Crippen molar-refractivity contribution < 1.29 is 9.53 Å². The van der Waals surface area contributed by atoms with Crippen molar-refractivity contribution in [2.45, 2.75) is 33.7 Å². The van der Waals surface area contributed by atoms with Crippen LogP contribution in [0.1, 0.15) is 35.3 Å². The van der Waals surface area contributed by atoms with Crippen LogP contribution < -0.4 is 5.32 Å². The lowest BCUT2D eigenvalue weighted by Gasteiger charge is -2.37. The van der Waals surface area contributed by atoms with Crippen molar-refractivity contribution in [1.82, 2.24) is 10.2 Å². The van der Waals surface area contributed by atoms with E-state index in [0.717, 1.165) is 43.0 Å². The van der Waals surface area contributed by atoms with Gasteiger partial charge >= 0.3 is 0 Å². The number of morpholine rings is 1. The number of hydrogen-bond acceptors (Lipinski definition) is 3. The third-order valence-corrected chi connectivity index (χ3v) is 4.61. The number of ether oxygens (including phenoxy) is 1. The summed E-state index contributed by atoms with van der Waals surface area (Å²) in [5, 5.41) is 3.12. The predicted molar refractivity (Wildman–Crippen MR) is 89.3 cm³/mol. The lowest BCUT2D eigenvalue weighted by atomic mass is 10.0. The zero-order valence-electron chi connectivity index (χ0n) is 14.2. The minimum Gasteiger partial charge on any atom is -0.379 e. The first kappa shape index (κ1) is 17.0. The second-order valence-electron chi connectivity index (χ2n) is 6.42. The van der Waals surface area contributed by atoms with E-state index in [1.165, 1.54) is 0 Å². The van der Waals surface area contributed by atoms with E-state index in [1.54, 1.807) is 0 Å². The number of carbonyl (C=O) groups excluding carboxylic acids is 1. The molecule has 1 N–H and O–H groups in total. The fourth-order valence-corrected chi connectivity index (χ4v) is 2.99. The number of aryl methyl sites for hydroxylation is 1. The third kappa shape index (κ3) is 4.08. The number of hydrogen-bond donors (Lipinski definition) is 1. The largest absolute Gasteiger partial charge is 0.379 e. The summed E-state index contributed by atoms with van der Waals surface area (Å²) < 4.78 is 5.42. The molecule has 1 atom stereocenters. The molecule has 0 aliphatic carbocycles. The minimum absolute atomic E-state index is 0.0279. The Hall–Kier alpha value is -1.39. The molecule has 4 nitrogen and oxygen atoms in total. The number of benzene rings is 1. The first-order chi connectivity index (χ1) is 10.5. The van der Waals surface area contributed by atoms with Gasteiger partial charge in [-0.05, 0) is 37.0 Å². The van der Waals surface area contributed by atoms with Gasteiger partial charge in [-0.2, -0.15) is 0 Å². The van der Waals surface area contributed by atoms with Crippen LogP contribution in [0.4, 0.5) is 0 Å². The first-order valence-corrected chi connectivity index (χ1v) is 8.17. The summed E-state index contributed by atoms with van der Waals surface area (Å²) in [5.41, 5.74) is 3.00. The van der Waals surface area contributed by atoms with Crippen LogP contribution >= 0.6 is 0 Å². The number of nitrogens with zero attached hydrogens (tertiary/aromatic N) is 1. The Labute approximate surface area is 133 Å². The second-order valence-corrected chi connectivity index (χ2v) is 6.42. The van der Waals surface area contributed by atoms with E-state index in [2.05, 4.69) is 24.1 Å². The summed E-state index contributed by atoms with van der Waals surface area (Å²) >= 11 is 0. The molecule has 1 fully saturated rings. The molecule has 0 bridgehead atoms. The Morgan fingerprint density at radius 1 is 1.27 bits per heavy atom. The molecule has 1 amide bonds. The molecule has 22 heavy (non-hydrogen) atoms. The van der Waals surface area contributed by atoms with Crippen molar-refractivity contribution in [1.29, 1.82) is 0 Å². The van der Waals surface area contributed by atoms with Crippen LogP contribution in [0.2, 0.25) is 0 Å². The molecule has 0 radical (unpaired) electrons. The smallest absolute Gasteiger partial charge is 0.251 e. The average molecular weight is 304 g/mol. The summed E-state index contributed by atoms with van der Waals surface area (Å²) in [4.78, 5) is 14.9. The zero-order valence-corrected chi connectivity index (χ0v) is 14.2. The normalized spacial score (nSPS) is 17.5. The summed E-state index contributed by atoms with van der Waals surface area (Å²) in [6, 6.07) is 6.24. The van der Waals surface area contributed by atoms with Crippen molar-refractivity contribution in [3.05, 3.63) is 34.9 Å². The topological polar surface area (TPSA) is 41.6 Å². The van der Waals surface area contributed by atoms with E-state index in [0.29, 0.717) is 18.5 Å². The van der Waals surface area contributed by atoms with Crippen LogP contribution in [0.25, 0.3) is 0 Å². The molecule has 2 rings (SSSR count). The molecule has 1 aliphatic rings. The van der Waals surface area contributed by atoms with E-state index in [1.807, 2.05) is 32.0 Å². The van der Waals surface area contributed by atoms with Crippen LogP contribution in [0.15, 0.2) is 18.2 Å². The van der Waals surface area contributed by atoms with Crippen molar-refractivity contribution in [3.8, 4) is 0 Å². The molecule has 1 aromatic carbocycles. The number of carbonyl (C=O) groups is 1. The highest BCUT2D eigenvalue weighted by Crippen LogP contribution is 2.14. The van der Waals surface area contributed by atoms with Gasteiger partial charge in [-0.25, -0.2) is 0 Å². The van der Waals surface area contributed by atoms with Gasteiger partial charge in [0.2, 0.25) is 0 Å². The van der Waals surface area contributed by atoms with E-state index < -0.39 is 0 Å². The highest BCUT2D eigenvalue weighted by atomic mass is 16.5. The minimum atomic E-state index is 0.0279. The molecule has 122 valence electrons. The summed E-state index contributed by atoms with van der Waals surface area (Å²) in [7, 11) is 0. The maximum Gasteiger partial charge on any atom is 0.251 e. The lowest BCUT2D eigenvalue weighted by molar-refractivity contribution is 0.00672. The van der Waals surface area contributed by atoms with Crippen LogP contribution in [0, 0.1) is 19.8 Å². The molecular formula is C18H28N2O2. The van der Waals surface area contributed by atoms with Gasteiger partial charge in [-0.1, -0.05) is 26.0 Å². The fourth-order valence-electron chi connectivity index (χ4n) is 2.99. The second kappa shape index (κ2) is 7.75. The Morgan fingerprint density at radius 2 is 1.95 bits per heavy atom. The van der Waals surface area contributed by atoms with Gasteiger partial charge in [0.15, 0.2) is 0 Å². The Kier molecular flexibility index (Phi) is 5.98. The molecule has 1 unspecified atom stereocenters. The standard InChI is InChI=1S/C18H28N2O2/c1-13(2)17(20-8-10-22-11-9-20)12-19-18(21)16-7-5-6-14(3)15(16)4/h5-7,13,17H,8-12H2,1-4H3,(H,19,21). The van der Waals surface area contributed by atoms with Crippen molar-refractivity contribution in [2.24, 2.45) is 5.92 Å². The molecule has 4 heteroatoms. The van der Waals surface area contributed by atoms with Crippen LogP contribution in [-0.4, -0.2) is 49.7 Å². The van der Waals surface area contributed by atoms with E-state index in [4.69, 9.17) is 4.74 Å². The van der Waals surface area contributed by atoms with Gasteiger partial charge < -0.3 is 10.1 Å². The van der Waals surface area contributed by atoms with E-state index in [-0.39, 0.29) is 5.91 Å². The average Bonchev–Trinajstić information content (AvgIpc) is 2.50. The monoisotopic (exact) mass is 304 g/mol. The van der Waals surface area contributed by atoms with Gasteiger partial charge in [0.25, 0.3) is 5.91 Å². The maximum absolute atomic E-state index is 12.5. The van der Waals surface area contributed by atoms with Gasteiger partial charge in [0.05, 0.1) is 13.2 Å². The van der Waals surface area contributed by atoms with Crippen LogP contribution in [0.5, 0.6) is 0 Å². The number of rotatable bonds is 5. The van der Waals surface area contributed by atoms with Crippen molar-refractivity contribution in [2.75, 3.05) is 32.8 Å². The summed E-state index contributed by atoms with van der Waals surface area (Å²) in [5.74, 6) is 0.525. The molecule has 1 saturated heterocycles. The van der Waals surface area contributed by atoms with E-state index in [9.17, 15) is 4.79 Å². The highest BCUT2D eigenvalue weighted by molar-refractivity contribution is 5.95. The first-order valence-electron chi connectivity index (χ1n) is 8.17. The van der Waals surface area contributed by atoms with Gasteiger partial charge in [0, 0.05) is 31.2 Å². The van der Waals surface area contributed by atoms with Crippen molar-refractivity contribution >= 4 is 5.91 Å². The van der Waals surface area contributed by atoms with Gasteiger partial charge in [0.1, 0.15) is 0 Å². The predicted octanol–water partition coefficient (Wildman–Crippen LogP) is 2.39. The number of nitrogens with one attached hydrogen (secondary N) is 1. The SMILES string of the molecule is Cc1cccc(C(=O)NCC(C(C)C)N2CCOCC2)c1C. The molecular weight excluding hydrogens is 276 g/mol. The third-order valence-electron chi connectivity index (χ3n) is 4.61. The Balaban J connectivity index is 1.99. The highest BCUT2D eigenvalue weighted by Gasteiger charge is 2.24. The van der Waals surface area contributed by atoms with Crippen LogP contribution in [0.3, 0.4) is 0 Å². The maximum atomic E-state index is 12.5. The molecule has 0 spiro atoms. The molecule has 0 aromatic heterocycles. The molecule has 1 aromatic rings.